The number of hydrogen-bond donors (Lipinski definition) is 6. The van der Waals surface area contributed by atoms with Crippen molar-refractivity contribution in [3.8, 4) is 0 Å². The van der Waals surface area contributed by atoms with Gasteiger partial charge in [0, 0.05) is 40.9 Å². The van der Waals surface area contributed by atoms with Crippen molar-refractivity contribution in [3.63, 3.8) is 0 Å². The molecule has 0 saturated heterocycles. The fraction of sp³-hybridized carbons (Fsp3) is 0.225. The molecule has 0 radical (unpaired) electrons. The number of non-ortho nitro benzene ring substituents is 1. The molecule has 11 N–H and O–H groups in total. The van der Waals surface area contributed by atoms with Crippen molar-refractivity contribution >= 4 is 45.8 Å². The summed E-state index contributed by atoms with van der Waals surface area (Å²) in [7, 11) is 0. The van der Waals surface area contributed by atoms with E-state index >= 15 is 0 Å². The lowest BCUT2D eigenvalue weighted by molar-refractivity contribution is -0.384. The van der Waals surface area contributed by atoms with Gasteiger partial charge in [-0.25, -0.2) is 4.79 Å². The lowest BCUT2D eigenvalue weighted by Crippen LogP contribution is -1.98. The highest BCUT2D eigenvalue weighted by Crippen LogP contribution is 2.26. The highest BCUT2D eigenvalue weighted by molar-refractivity contribution is 5.88. The summed E-state index contributed by atoms with van der Waals surface area (Å²) in [6.07, 6.45) is 0. The van der Waals surface area contributed by atoms with Gasteiger partial charge >= 0.3 is 5.97 Å². The van der Waals surface area contributed by atoms with E-state index in [4.69, 9.17) is 33.8 Å². The van der Waals surface area contributed by atoms with Gasteiger partial charge in [0.2, 0.25) is 0 Å². The number of rotatable bonds is 3. The molecular weight excluding hydrogens is 674 g/mol. The van der Waals surface area contributed by atoms with Crippen LogP contribution in [-0.4, -0.2) is 20.9 Å². The largest absolute Gasteiger partial charge is 0.478 e. The number of benzene rings is 5. The van der Waals surface area contributed by atoms with Gasteiger partial charge in [0.1, 0.15) is 5.69 Å². The molecule has 0 aliphatic heterocycles. The van der Waals surface area contributed by atoms with Crippen molar-refractivity contribution in [3.05, 3.63) is 155 Å². The maximum Gasteiger partial charge on any atom is 0.335 e. The van der Waals surface area contributed by atoms with Gasteiger partial charge in [-0.15, -0.1) is 0 Å². The molecule has 5 aromatic carbocycles. The number of hydrogen-bond acceptors (Lipinski definition) is 10. The van der Waals surface area contributed by atoms with Crippen LogP contribution >= 0.6 is 0 Å². The zero-order valence-electron chi connectivity index (χ0n) is 31.8. The van der Waals surface area contributed by atoms with E-state index in [-0.39, 0.29) is 22.6 Å². The summed E-state index contributed by atoms with van der Waals surface area (Å²) in [6, 6.07) is 22.6. The minimum atomic E-state index is -0.923. The van der Waals surface area contributed by atoms with Crippen LogP contribution in [0.3, 0.4) is 0 Å². The summed E-state index contributed by atoms with van der Waals surface area (Å²) in [5.74, 6) is -0.923. The van der Waals surface area contributed by atoms with Gasteiger partial charge in [0.05, 0.1) is 15.4 Å². The Morgan fingerprint density at radius 1 is 0.491 bits per heavy atom. The highest BCUT2D eigenvalue weighted by atomic mass is 16.6. The van der Waals surface area contributed by atoms with Gasteiger partial charge in [0.25, 0.3) is 11.4 Å². The fourth-order valence-corrected chi connectivity index (χ4v) is 4.67. The third kappa shape index (κ3) is 14.6. The van der Waals surface area contributed by atoms with Crippen LogP contribution in [0.2, 0.25) is 0 Å². The average Bonchev–Trinajstić information content (AvgIpc) is 3.07. The number of nitrogens with zero attached hydrogens (tertiary/aromatic N) is 2. The first-order valence-corrected chi connectivity index (χ1v) is 16.3. The second-order valence-electron chi connectivity index (χ2n) is 12.6. The number of carbonyl (C=O) groups is 1. The van der Waals surface area contributed by atoms with Crippen molar-refractivity contribution in [2.75, 3.05) is 28.7 Å². The summed E-state index contributed by atoms with van der Waals surface area (Å²) in [6.45, 7) is 17.4. The van der Waals surface area contributed by atoms with Crippen molar-refractivity contribution in [2.45, 2.75) is 62.3 Å². The Hall–Kier alpha value is -6.63. The summed E-state index contributed by atoms with van der Waals surface area (Å²) < 4.78 is 0. The quantitative estimate of drug-likeness (QED) is 0.0583. The van der Waals surface area contributed by atoms with Crippen LogP contribution in [-0.2, 0) is 0 Å². The van der Waals surface area contributed by atoms with Crippen LogP contribution in [0.25, 0.3) is 0 Å². The standard InChI is InChI=1S/C9H13N.C8H10N2O2.C8H9NO2.C8H11N.C7H8N2O2/c1-6-4-7(2)9(10)8(3)5-6;1-5-3-6(2)8(9)7(4-5)10(11)12;1-5-4-6(8(10)11)2-3-7(5)9;1-6-3-4-8(9)7(2)5-6;1-5-2-3-6(9(10)11)4-7(5)8/h4-5H,10H2,1-3H3;3-4H,9H2,1-2H3;2-4H,9H2,1H3,(H,10,11);3-5H,9H2,1-2H3;2-4H,8H2,1H3. The highest BCUT2D eigenvalue weighted by Gasteiger charge is 2.13. The molecule has 5 aromatic rings. The Bertz CT molecular complexity index is 2000. The van der Waals surface area contributed by atoms with E-state index in [1.807, 2.05) is 39.0 Å². The second kappa shape index (κ2) is 20.3. The molecule has 0 atom stereocenters. The van der Waals surface area contributed by atoms with Crippen LogP contribution in [0.5, 0.6) is 0 Å². The van der Waals surface area contributed by atoms with Crippen LogP contribution in [0.4, 0.5) is 39.8 Å². The number of nitro benzene ring substituents is 2. The third-order valence-corrected chi connectivity index (χ3v) is 7.86. The average molecular weight is 726 g/mol. The molecule has 0 heterocycles. The van der Waals surface area contributed by atoms with Crippen molar-refractivity contribution in [1.29, 1.82) is 0 Å². The molecule has 13 heteroatoms. The number of aromatic carboxylic acids is 1. The van der Waals surface area contributed by atoms with Gasteiger partial charge < -0.3 is 33.8 Å². The number of carboxylic acid groups (broad SMARTS) is 1. The SMILES string of the molecule is Cc1cc(C(=O)O)ccc1N.Cc1cc(C)c(N)c(C)c1.Cc1cc(C)c(N)c([N+](=O)[O-])c1.Cc1ccc(N)c(C)c1.Cc1ccc([N+](=O)[O-])cc1N. The monoisotopic (exact) mass is 725 g/mol. The van der Waals surface area contributed by atoms with Gasteiger partial charge in [-0.1, -0.05) is 47.5 Å². The molecule has 13 nitrogen and oxygen atoms in total. The molecule has 282 valence electrons. The third-order valence-electron chi connectivity index (χ3n) is 7.86. The number of carboxylic acids is 1. The minimum Gasteiger partial charge on any atom is -0.478 e. The molecule has 0 spiro atoms. The topological polar surface area (TPSA) is 254 Å². The minimum absolute atomic E-state index is 0.00694. The molecule has 0 unspecified atom stereocenters. The summed E-state index contributed by atoms with van der Waals surface area (Å²) in [5.41, 5.74) is 40.6. The van der Waals surface area contributed by atoms with Gasteiger partial charge in [0.15, 0.2) is 0 Å². The summed E-state index contributed by atoms with van der Waals surface area (Å²) >= 11 is 0. The first-order chi connectivity index (χ1) is 24.5. The number of nitro groups is 2. The number of anilines is 5. The number of nitrogen functional groups attached to an aromatic ring is 5. The van der Waals surface area contributed by atoms with Crippen molar-refractivity contribution in [2.24, 2.45) is 0 Å². The summed E-state index contributed by atoms with van der Waals surface area (Å²) in [5, 5.41) is 29.2. The van der Waals surface area contributed by atoms with Gasteiger partial charge in [-0.05, 0) is 126 Å². The first kappa shape index (κ1) is 44.4. The zero-order valence-corrected chi connectivity index (χ0v) is 31.8. The Morgan fingerprint density at radius 2 is 0.943 bits per heavy atom. The Morgan fingerprint density at radius 3 is 1.36 bits per heavy atom. The van der Waals surface area contributed by atoms with E-state index in [0.29, 0.717) is 11.4 Å². The van der Waals surface area contributed by atoms with Crippen LogP contribution in [0.15, 0.2) is 78.9 Å². The molecule has 0 aromatic heterocycles. The Balaban J connectivity index is 0.000000332. The van der Waals surface area contributed by atoms with Crippen LogP contribution in [0, 0.1) is 82.5 Å². The molecule has 0 aliphatic carbocycles. The first-order valence-electron chi connectivity index (χ1n) is 16.3. The molecule has 0 amide bonds. The normalized spacial score (nSPS) is 9.68. The molecule has 5 rings (SSSR count). The lowest BCUT2D eigenvalue weighted by atomic mass is 10.1. The lowest BCUT2D eigenvalue weighted by Gasteiger charge is -2.04. The van der Waals surface area contributed by atoms with E-state index < -0.39 is 15.8 Å². The predicted octanol–water partition coefficient (Wildman–Crippen LogP) is 8.63. The van der Waals surface area contributed by atoms with Crippen molar-refractivity contribution in [1.82, 2.24) is 0 Å². The maximum atomic E-state index is 10.5. The molecule has 53 heavy (non-hydrogen) atoms. The van der Waals surface area contributed by atoms with Crippen LogP contribution in [0.1, 0.15) is 60.4 Å². The Kier molecular flexibility index (Phi) is 17.0. The number of nitrogens with two attached hydrogens (primary N) is 5. The molecular formula is C40H51N7O6. The van der Waals surface area contributed by atoms with Gasteiger partial charge in [-0.2, -0.15) is 0 Å². The maximum absolute atomic E-state index is 10.5. The van der Waals surface area contributed by atoms with E-state index in [1.165, 1.54) is 46.5 Å². The Labute approximate surface area is 310 Å². The summed E-state index contributed by atoms with van der Waals surface area (Å²) in [4.78, 5) is 30.2. The molecule has 0 aliphatic rings. The van der Waals surface area contributed by atoms with Gasteiger partial charge in [-0.3, -0.25) is 20.2 Å². The van der Waals surface area contributed by atoms with E-state index in [2.05, 4.69) is 32.0 Å². The van der Waals surface area contributed by atoms with E-state index in [1.54, 1.807) is 45.9 Å². The van der Waals surface area contributed by atoms with E-state index in [9.17, 15) is 25.0 Å². The zero-order chi connectivity index (χ0) is 40.7. The van der Waals surface area contributed by atoms with E-state index in [0.717, 1.165) is 39.2 Å². The van der Waals surface area contributed by atoms with Crippen molar-refractivity contribution < 1.29 is 19.7 Å². The molecule has 0 saturated carbocycles. The fourth-order valence-electron chi connectivity index (χ4n) is 4.67. The smallest absolute Gasteiger partial charge is 0.335 e. The predicted molar refractivity (Wildman–Crippen MR) is 217 cm³/mol. The number of aryl methyl sites for hydroxylation is 9. The van der Waals surface area contributed by atoms with Crippen LogP contribution < -0.4 is 28.7 Å². The molecule has 0 fully saturated rings. The molecule has 0 bridgehead atoms. The second-order valence-corrected chi connectivity index (χ2v) is 12.6.